The Labute approximate surface area is 124 Å². The minimum absolute atomic E-state index is 0.0148. The van der Waals surface area contributed by atoms with Gasteiger partial charge in [0.2, 0.25) is 0 Å². The Morgan fingerprint density at radius 1 is 1.60 bits per heavy atom. The molecule has 0 unspecified atom stereocenters. The highest BCUT2D eigenvalue weighted by Gasteiger charge is 2.18. The van der Waals surface area contributed by atoms with Gasteiger partial charge in [0.05, 0.1) is 5.02 Å². The van der Waals surface area contributed by atoms with Crippen molar-refractivity contribution < 1.29 is 4.84 Å². The fourth-order valence-corrected chi connectivity index (χ4v) is 1.75. The van der Waals surface area contributed by atoms with Crippen molar-refractivity contribution >= 4 is 17.3 Å². The summed E-state index contributed by atoms with van der Waals surface area (Å²) < 4.78 is 0. The number of nitrogens with two attached hydrogens (primary N) is 1. The first-order chi connectivity index (χ1) is 9.60. The normalized spacial score (nSPS) is 14.9. The van der Waals surface area contributed by atoms with E-state index in [1.807, 2.05) is 13.8 Å². The molecule has 0 atom stereocenters. The molecule has 2 N–H and O–H groups in total. The zero-order chi connectivity index (χ0) is 14.5. The lowest BCUT2D eigenvalue weighted by atomic mass is 10.2. The van der Waals surface area contributed by atoms with Gasteiger partial charge < -0.3 is 10.6 Å². The molecule has 0 bridgehead atoms. The Morgan fingerprint density at radius 2 is 2.35 bits per heavy atom. The largest absolute Gasteiger partial charge is 0.393 e. The van der Waals surface area contributed by atoms with Gasteiger partial charge in [-0.05, 0) is 32.8 Å². The van der Waals surface area contributed by atoms with Crippen LogP contribution in [0.15, 0.2) is 17.4 Å². The number of hydrogen-bond donors (Lipinski definition) is 1. The molecule has 0 saturated heterocycles. The van der Waals surface area contributed by atoms with Crippen molar-refractivity contribution in [3.63, 3.8) is 0 Å². The van der Waals surface area contributed by atoms with Crippen LogP contribution in [0.3, 0.4) is 0 Å². The average molecular weight is 292 g/mol. The predicted molar refractivity (Wildman–Crippen MR) is 80.7 cm³/mol. The van der Waals surface area contributed by atoms with Crippen molar-refractivity contribution in [1.29, 1.82) is 0 Å². The molecule has 20 heavy (non-hydrogen) atoms. The molecular weight excluding hydrogens is 274 g/mol. The van der Waals surface area contributed by atoms with E-state index in [1.54, 1.807) is 12.3 Å². The number of pyridine rings is 1. The smallest absolute Gasteiger partial charge is 0.122 e. The predicted octanol–water partition coefficient (Wildman–Crippen LogP) is 2.58. The van der Waals surface area contributed by atoms with E-state index in [2.05, 4.69) is 22.0 Å². The van der Waals surface area contributed by atoms with Crippen LogP contribution in [0, 0.1) is 17.8 Å². The second-order valence-electron chi connectivity index (χ2n) is 4.99. The van der Waals surface area contributed by atoms with Gasteiger partial charge >= 0.3 is 0 Å². The molecule has 1 fully saturated rings. The van der Waals surface area contributed by atoms with E-state index >= 15 is 0 Å². The maximum atomic E-state index is 6.23. The summed E-state index contributed by atoms with van der Waals surface area (Å²) in [6.07, 6.45) is 4.07. The lowest BCUT2D eigenvalue weighted by Gasteiger charge is -2.07. The van der Waals surface area contributed by atoms with Gasteiger partial charge in [-0.25, -0.2) is 0 Å². The van der Waals surface area contributed by atoms with Crippen LogP contribution in [-0.2, 0) is 4.84 Å². The van der Waals surface area contributed by atoms with Crippen molar-refractivity contribution in [1.82, 2.24) is 4.98 Å². The molecule has 1 saturated carbocycles. The number of hydrogen-bond acceptors (Lipinski definition) is 4. The van der Waals surface area contributed by atoms with Gasteiger partial charge in [0.15, 0.2) is 0 Å². The van der Waals surface area contributed by atoms with Crippen molar-refractivity contribution in [3.8, 4) is 11.8 Å². The van der Waals surface area contributed by atoms with Crippen LogP contribution < -0.4 is 5.73 Å². The van der Waals surface area contributed by atoms with Crippen LogP contribution >= 0.6 is 11.6 Å². The molecule has 0 spiro atoms. The Bertz CT molecular complexity index is 568. The van der Waals surface area contributed by atoms with E-state index in [1.165, 1.54) is 12.8 Å². The fourth-order valence-electron chi connectivity index (χ4n) is 1.48. The van der Waals surface area contributed by atoms with E-state index in [0.29, 0.717) is 22.3 Å². The Balaban J connectivity index is 2.19. The first-order valence-corrected chi connectivity index (χ1v) is 7.08. The van der Waals surface area contributed by atoms with Crippen LogP contribution in [0.2, 0.25) is 5.02 Å². The number of aromatic nitrogens is 1. The van der Waals surface area contributed by atoms with Crippen LogP contribution in [-0.4, -0.2) is 23.3 Å². The molecule has 1 aliphatic carbocycles. The molecule has 1 heterocycles. The van der Waals surface area contributed by atoms with Crippen molar-refractivity contribution in [2.75, 3.05) is 6.54 Å². The Hall–Kier alpha value is -1.57. The first kappa shape index (κ1) is 14.8. The molecule has 0 amide bonds. The molecule has 1 aromatic rings. The third-order valence-electron chi connectivity index (χ3n) is 2.68. The van der Waals surface area contributed by atoms with Crippen molar-refractivity contribution in [2.45, 2.75) is 32.8 Å². The monoisotopic (exact) mass is 291 g/mol. The van der Waals surface area contributed by atoms with Crippen molar-refractivity contribution in [3.05, 3.63) is 28.5 Å². The van der Waals surface area contributed by atoms with E-state index < -0.39 is 0 Å². The van der Waals surface area contributed by atoms with Gasteiger partial charge in [-0.3, -0.25) is 4.98 Å². The molecule has 0 radical (unpaired) electrons. The Morgan fingerprint density at radius 3 is 2.90 bits per heavy atom. The summed E-state index contributed by atoms with van der Waals surface area (Å²) in [6.45, 7) is 4.00. The van der Waals surface area contributed by atoms with Gasteiger partial charge in [-0.2, -0.15) is 0 Å². The zero-order valence-electron chi connectivity index (χ0n) is 11.7. The first-order valence-electron chi connectivity index (χ1n) is 6.70. The lowest BCUT2D eigenvalue weighted by molar-refractivity contribution is 0.0858. The molecule has 4 nitrogen and oxygen atoms in total. The highest BCUT2D eigenvalue weighted by atomic mass is 35.5. The van der Waals surface area contributed by atoms with Crippen LogP contribution in [0.4, 0.5) is 0 Å². The van der Waals surface area contributed by atoms with E-state index in [-0.39, 0.29) is 12.6 Å². The quantitative estimate of drug-likeness (QED) is 0.527. The third-order valence-corrected chi connectivity index (χ3v) is 2.97. The summed E-state index contributed by atoms with van der Waals surface area (Å²) in [4.78, 5) is 9.50. The van der Waals surface area contributed by atoms with Gasteiger partial charge in [0, 0.05) is 24.2 Å². The van der Waals surface area contributed by atoms with Crippen LogP contribution in [0.1, 0.15) is 37.9 Å². The van der Waals surface area contributed by atoms with E-state index in [9.17, 15) is 0 Å². The SMILES string of the molecule is CC(C)ON=C(CN)c1ncc(C#CC2CC2)cc1Cl. The Kier molecular flexibility index (Phi) is 4.99. The number of nitrogens with zero attached hydrogens (tertiary/aromatic N) is 2. The standard InChI is InChI=1S/C15H18ClN3O/c1-10(2)20-19-14(8-17)15-13(16)7-12(9-18-15)6-5-11-3-4-11/h7,9-11H,3-4,8,17H2,1-2H3. The minimum atomic E-state index is -0.0148. The van der Waals surface area contributed by atoms with Gasteiger partial charge in [0.1, 0.15) is 17.5 Å². The fraction of sp³-hybridized carbons (Fsp3) is 0.467. The topological polar surface area (TPSA) is 60.5 Å². The average Bonchev–Trinajstić information content (AvgIpc) is 3.22. The number of rotatable bonds is 4. The van der Waals surface area contributed by atoms with Crippen molar-refractivity contribution in [2.24, 2.45) is 16.8 Å². The van der Waals surface area contributed by atoms with E-state index in [4.69, 9.17) is 22.2 Å². The summed E-state index contributed by atoms with van der Waals surface area (Å²) in [5.41, 5.74) is 7.56. The van der Waals surface area contributed by atoms with Gasteiger partial charge in [-0.15, -0.1) is 0 Å². The van der Waals surface area contributed by atoms with Gasteiger partial charge in [0.25, 0.3) is 0 Å². The maximum absolute atomic E-state index is 6.23. The lowest BCUT2D eigenvalue weighted by Crippen LogP contribution is -2.18. The zero-order valence-corrected chi connectivity index (χ0v) is 12.4. The molecule has 1 aliphatic rings. The third kappa shape index (κ3) is 4.22. The molecule has 0 aliphatic heterocycles. The molecule has 0 aromatic carbocycles. The maximum Gasteiger partial charge on any atom is 0.122 e. The highest BCUT2D eigenvalue weighted by molar-refractivity contribution is 6.34. The summed E-state index contributed by atoms with van der Waals surface area (Å²) >= 11 is 6.23. The molecule has 1 aromatic heterocycles. The summed E-state index contributed by atoms with van der Waals surface area (Å²) in [7, 11) is 0. The summed E-state index contributed by atoms with van der Waals surface area (Å²) in [5.74, 6) is 6.81. The second kappa shape index (κ2) is 6.74. The van der Waals surface area contributed by atoms with Crippen LogP contribution in [0.5, 0.6) is 0 Å². The van der Waals surface area contributed by atoms with E-state index in [0.717, 1.165) is 5.56 Å². The second-order valence-corrected chi connectivity index (χ2v) is 5.40. The van der Waals surface area contributed by atoms with Crippen LogP contribution in [0.25, 0.3) is 0 Å². The summed E-state index contributed by atoms with van der Waals surface area (Å²) in [5, 5.41) is 4.49. The van der Waals surface area contributed by atoms with Gasteiger partial charge in [-0.1, -0.05) is 28.6 Å². The molecule has 5 heteroatoms. The molecule has 106 valence electrons. The molecular formula is C15H18ClN3O. The molecule has 2 rings (SSSR count). The number of oxime groups is 1. The minimum Gasteiger partial charge on any atom is -0.393 e. The number of halogens is 1. The summed E-state index contributed by atoms with van der Waals surface area (Å²) in [6, 6.07) is 1.79. The highest BCUT2D eigenvalue weighted by Crippen LogP contribution is 2.27.